The lowest BCUT2D eigenvalue weighted by atomic mass is 10.0. The first kappa shape index (κ1) is 12.6. The second-order valence-corrected chi connectivity index (χ2v) is 5.51. The predicted molar refractivity (Wildman–Crippen MR) is 73.1 cm³/mol. The van der Waals surface area contributed by atoms with Crippen molar-refractivity contribution in [1.29, 1.82) is 0 Å². The number of nitrogens with zero attached hydrogens (tertiary/aromatic N) is 1. The van der Waals surface area contributed by atoms with E-state index in [-0.39, 0.29) is 0 Å². The first-order chi connectivity index (χ1) is 8.15. The van der Waals surface area contributed by atoms with Crippen molar-refractivity contribution in [1.82, 2.24) is 10.2 Å². The van der Waals surface area contributed by atoms with Gasteiger partial charge in [-0.1, -0.05) is 36.8 Å². The molecule has 2 unspecified atom stereocenters. The minimum Gasteiger partial charge on any atom is -0.312 e. The summed E-state index contributed by atoms with van der Waals surface area (Å²) in [6, 6.07) is 9.47. The molecule has 94 valence electrons. The topological polar surface area (TPSA) is 15.3 Å². The number of hydrogen-bond acceptors (Lipinski definition) is 2. The third kappa shape index (κ3) is 3.55. The van der Waals surface area contributed by atoms with Gasteiger partial charge in [-0.25, -0.2) is 0 Å². The Morgan fingerprint density at radius 3 is 2.88 bits per heavy atom. The van der Waals surface area contributed by atoms with Crippen molar-refractivity contribution in [3.63, 3.8) is 0 Å². The molecule has 1 aromatic carbocycles. The molecule has 1 saturated heterocycles. The van der Waals surface area contributed by atoms with Crippen molar-refractivity contribution in [2.24, 2.45) is 5.92 Å². The Bertz CT molecular complexity index is 362. The Morgan fingerprint density at radius 1 is 1.41 bits per heavy atom. The zero-order valence-corrected chi connectivity index (χ0v) is 11.2. The molecule has 0 radical (unpaired) electrons. The van der Waals surface area contributed by atoms with Gasteiger partial charge in [-0.05, 0) is 38.4 Å². The summed E-state index contributed by atoms with van der Waals surface area (Å²) in [5.41, 5.74) is 2.77. The van der Waals surface area contributed by atoms with Gasteiger partial charge >= 0.3 is 0 Å². The standard InChI is InChI=1S/C15H24N2/c1-12-5-4-6-14(9-12)10-17(3)11-15-13(2)7-8-16-15/h4-6,9,13,15-16H,7-8,10-11H2,1-3H3. The molecule has 17 heavy (non-hydrogen) atoms. The van der Waals surface area contributed by atoms with Gasteiger partial charge in [-0.15, -0.1) is 0 Å². The van der Waals surface area contributed by atoms with Crippen LogP contribution in [0.1, 0.15) is 24.5 Å². The van der Waals surface area contributed by atoms with E-state index in [4.69, 9.17) is 0 Å². The van der Waals surface area contributed by atoms with E-state index in [2.05, 4.69) is 55.4 Å². The van der Waals surface area contributed by atoms with Gasteiger partial charge in [0.05, 0.1) is 0 Å². The van der Waals surface area contributed by atoms with Crippen LogP contribution in [0, 0.1) is 12.8 Å². The molecule has 1 aliphatic rings. The highest BCUT2D eigenvalue weighted by Crippen LogP contribution is 2.16. The molecule has 1 N–H and O–H groups in total. The Balaban J connectivity index is 1.86. The van der Waals surface area contributed by atoms with Crippen LogP contribution in [0.2, 0.25) is 0 Å². The lowest BCUT2D eigenvalue weighted by Crippen LogP contribution is -2.37. The summed E-state index contributed by atoms with van der Waals surface area (Å²) in [7, 11) is 2.22. The first-order valence-electron chi connectivity index (χ1n) is 6.62. The summed E-state index contributed by atoms with van der Waals surface area (Å²) in [5, 5.41) is 3.59. The van der Waals surface area contributed by atoms with Crippen molar-refractivity contribution in [2.75, 3.05) is 20.1 Å². The zero-order chi connectivity index (χ0) is 12.3. The van der Waals surface area contributed by atoms with Gasteiger partial charge in [-0.3, -0.25) is 0 Å². The van der Waals surface area contributed by atoms with E-state index < -0.39 is 0 Å². The molecule has 2 atom stereocenters. The fourth-order valence-electron chi connectivity index (χ4n) is 2.67. The summed E-state index contributed by atoms with van der Waals surface area (Å²) in [5.74, 6) is 0.815. The van der Waals surface area contributed by atoms with E-state index in [0.717, 1.165) is 19.0 Å². The second kappa shape index (κ2) is 5.65. The molecule has 0 aliphatic carbocycles. The molecule has 0 spiro atoms. The fraction of sp³-hybridized carbons (Fsp3) is 0.600. The molecular formula is C15H24N2. The highest BCUT2D eigenvalue weighted by atomic mass is 15.1. The molecule has 0 amide bonds. The van der Waals surface area contributed by atoms with Crippen molar-refractivity contribution >= 4 is 0 Å². The molecule has 2 rings (SSSR count). The molecule has 0 aromatic heterocycles. The number of aryl methyl sites for hydroxylation is 1. The van der Waals surface area contributed by atoms with Gasteiger partial charge in [0.2, 0.25) is 0 Å². The van der Waals surface area contributed by atoms with E-state index in [9.17, 15) is 0 Å². The van der Waals surface area contributed by atoms with Crippen LogP contribution < -0.4 is 5.32 Å². The van der Waals surface area contributed by atoms with Crippen LogP contribution in [0.25, 0.3) is 0 Å². The Kier molecular flexibility index (Phi) is 4.19. The molecule has 2 nitrogen and oxygen atoms in total. The average molecular weight is 232 g/mol. The number of benzene rings is 1. The molecule has 1 heterocycles. The number of hydrogen-bond donors (Lipinski definition) is 1. The monoisotopic (exact) mass is 232 g/mol. The van der Waals surface area contributed by atoms with Crippen LogP contribution in [-0.4, -0.2) is 31.1 Å². The average Bonchev–Trinajstić information content (AvgIpc) is 2.64. The third-order valence-corrected chi connectivity index (χ3v) is 3.74. The van der Waals surface area contributed by atoms with Gasteiger partial charge in [0.1, 0.15) is 0 Å². The number of rotatable bonds is 4. The zero-order valence-electron chi connectivity index (χ0n) is 11.2. The molecule has 0 bridgehead atoms. The van der Waals surface area contributed by atoms with Crippen LogP contribution in [-0.2, 0) is 6.54 Å². The normalized spacial score (nSPS) is 24.5. The van der Waals surface area contributed by atoms with Gasteiger partial charge in [0.25, 0.3) is 0 Å². The van der Waals surface area contributed by atoms with Crippen LogP contribution in [0.4, 0.5) is 0 Å². The van der Waals surface area contributed by atoms with E-state index in [1.165, 1.54) is 24.1 Å². The van der Waals surface area contributed by atoms with E-state index in [1.54, 1.807) is 0 Å². The van der Waals surface area contributed by atoms with Gasteiger partial charge in [-0.2, -0.15) is 0 Å². The highest BCUT2D eigenvalue weighted by molar-refractivity contribution is 5.22. The molecule has 2 heteroatoms. The largest absolute Gasteiger partial charge is 0.312 e. The number of likely N-dealkylation sites (N-methyl/N-ethyl adjacent to an activating group) is 1. The summed E-state index contributed by atoms with van der Waals surface area (Å²) < 4.78 is 0. The molecule has 0 saturated carbocycles. The van der Waals surface area contributed by atoms with E-state index in [1.807, 2.05) is 0 Å². The first-order valence-corrected chi connectivity index (χ1v) is 6.62. The van der Waals surface area contributed by atoms with Crippen LogP contribution in [0.5, 0.6) is 0 Å². The third-order valence-electron chi connectivity index (χ3n) is 3.74. The van der Waals surface area contributed by atoms with Crippen LogP contribution in [0.3, 0.4) is 0 Å². The smallest absolute Gasteiger partial charge is 0.0231 e. The lowest BCUT2D eigenvalue weighted by molar-refractivity contribution is 0.271. The van der Waals surface area contributed by atoms with Crippen molar-refractivity contribution in [3.8, 4) is 0 Å². The Labute approximate surface area is 105 Å². The van der Waals surface area contributed by atoms with Crippen molar-refractivity contribution in [2.45, 2.75) is 32.9 Å². The van der Waals surface area contributed by atoms with Crippen LogP contribution >= 0.6 is 0 Å². The maximum atomic E-state index is 3.59. The fourth-order valence-corrected chi connectivity index (χ4v) is 2.67. The SMILES string of the molecule is Cc1cccc(CN(C)CC2NCCC2C)c1. The minimum atomic E-state index is 0.671. The summed E-state index contributed by atoms with van der Waals surface area (Å²) in [6.07, 6.45) is 1.32. The minimum absolute atomic E-state index is 0.671. The number of nitrogens with one attached hydrogen (secondary N) is 1. The molecular weight excluding hydrogens is 208 g/mol. The van der Waals surface area contributed by atoms with Gasteiger partial charge in [0.15, 0.2) is 0 Å². The second-order valence-electron chi connectivity index (χ2n) is 5.51. The van der Waals surface area contributed by atoms with E-state index >= 15 is 0 Å². The summed E-state index contributed by atoms with van der Waals surface area (Å²) in [6.45, 7) is 7.89. The van der Waals surface area contributed by atoms with Crippen molar-refractivity contribution in [3.05, 3.63) is 35.4 Å². The highest BCUT2D eigenvalue weighted by Gasteiger charge is 2.23. The van der Waals surface area contributed by atoms with Gasteiger partial charge in [0, 0.05) is 19.1 Å². The van der Waals surface area contributed by atoms with Crippen LogP contribution in [0.15, 0.2) is 24.3 Å². The quantitative estimate of drug-likeness (QED) is 0.857. The summed E-state index contributed by atoms with van der Waals surface area (Å²) in [4.78, 5) is 2.42. The maximum absolute atomic E-state index is 3.59. The summed E-state index contributed by atoms with van der Waals surface area (Å²) >= 11 is 0. The van der Waals surface area contributed by atoms with Gasteiger partial charge < -0.3 is 10.2 Å². The predicted octanol–water partition coefficient (Wildman–Crippen LogP) is 2.42. The maximum Gasteiger partial charge on any atom is 0.0231 e. The molecule has 1 fully saturated rings. The van der Waals surface area contributed by atoms with Crippen molar-refractivity contribution < 1.29 is 0 Å². The van der Waals surface area contributed by atoms with E-state index in [0.29, 0.717) is 6.04 Å². The molecule has 1 aromatic rings. The lowest BCUT2D eigenvalue weighted by Gasteiger charge is -2.24. The Hall–Kier alpha value is -0.860. The molecule has 1 aliphatic heterocycles. The Morgan fingerprint density at radius 2 is 2.24 bits per heavy atom.